The fraction of sp³-hybridized carbons (Fsp3) is 0.375. The highest BCUT2D eigenvalue weighted by Crippen LogP contribution is 2.23. The maximum absolute atomic E-state index is 5.89. The van der Waals surface area contributed by atoms with E-state index >= 15 is 0 Å². The minimum absolute atomic E-state index is 0.417. The SMILES string of the molecule is Clc1ccc(-c2ccc(C[NH2+]C[C@@H]3CCCO3)o2)cc1. The van der Waals surface area contributed by atoms with Crippen molar-refractivity contribution in [1.82, 2.24) is 0 Å². The number of benzene rings is 1. The van der Waals surface area contributed by atoms with E-state index in [0.717, 1.165) is 41.8 Å². The molecule has 4 heteroatoms. The van der Waals surface area contributed by atoms with Crippen LogP contribution in [0, 0.1) is 0 Å². The molecular weight excluding hydrogens is 274 g/mol. The van der Waals surface area contributed by atoms with Gasteiger partial charge in [-0.1, -0.05) is 11.6 Å². The maximum Gasteiger partial charge on any atom is 0.158 e. The highest BCUT2D eigenvalue weighted by atomic mass is 35.5. The van der Waals surface area contributed by atoms with Gasteiger partial charge in [0.2, 0.25) is 0 Å². The first-order chi connectivity index (χ1) is 9.81. The number of hydrogen-bond acceptors (Lipinski definition) is 2. The van der Waals surface area contributed by atoms with E-state index in [0.29, 0.717) is 6.10 Å². The third kappa shape index (κ3) is 3.42. The van der Waals surface area contributed by atoms with Crippen LogP contribution in [-0.4, -0.2) is 19.3 Å². The van der Waals surface area contributed by atoms with Crippen molar-refractivity contribution >= 4 is 11.6 Å². The normalized spacial score (nSPS) is 18.6. The average Bonchev–Trinajstić information content (AvgIpc) is 3.11. The quantitative estimate of drug-likeness (QED) is 0.920. The Kier molecular flexibility index (Phi) is 4.41. The molecule has 1 atom stereocenters. The fourth-order valence-corrected chi connectivity index (χ4v) is 2.62. The van der Waals surface area contributed by atoms with Gasteiger partial charge in [0, 0.05) is 17.2 Å². The minimum atomic E-state index is 0.417. The van der Waals surface area contributed by atoms with Crippen LogP contribution in [-0.2, 0) is 11.3 Å². The molecule has 1 aromatic carbocycles. The van der Waals surface area contributed by atoms with E-state index in [1.165, 1.54) is 12.8 Å². The predicted octanol–water partition coefficient (Wildman–Crippen LogP) is 2.84. The molecule has 0 saturated carbocycles. The molecule has 1 fully saturated rings. The number of furan rings is 1. The number of halogens is 1. The van der Waals surface area contributed by atoms with Gasteiger partial charge in [-0.2, -0.15) is 0 Å². The molecule has 1 aliphatic rings. The summed E-state index contributed by atoms with van der Waals surface area (Å²) < 4.78 is 11.5. The summed E-state index contributed by atoms with van der Waals surface area (Å²) in [7, 11) is 0. The van der Waals surface area contributed by atoms with Gasteiger partial charge in [0.15, 0.2) is 5.76 Å². The van der Waals surface area contributed by atoms with Crippen molar-refractivity contribution in [2.45, 2.75) is 25.5 Å². The molecule has 2 aromatic rings. The van der Waals surface area contributed by atoms with Crippen molar-refractivity contribution in [2.24, 2.45) is 0 Å². The highest BCUT2D eigenvalue weighted by Gasteiger charge is 2.17. The Morgan fingerprint density at radius 1 is 1.15 bits per heavy atom. The Bertz CT molecular complexity index is 544. The van der Waals surface area contributed by atoms with E-state index in [1.807, 2.05) is 36.4 Å². The zero-order valence-corrected chi connectivity index (χ0v) is 12.1. The zero-order chi connectivity index (χ0) is 13.8. The molecule has 3 nitrogen and oxygen atoms in total. The van der Waals surface area contributed by atoms with Gasteiger partial charge >= 0.3 is 0 Å². The van der Waals surface area contributed by atoms with Crippen LogP contribution in [0.4, 0.5) is 0 Å². The summed E-state index contributed by atoms with van der Waals surface area (Å²) in [5.74, 6) is 1.88. The lowest BCUT2D eigenvalue weighted by atomic mass is 10.2. The zero-order valence-electron chi connectivity index (χ0n) is 11.3. The third-order valence-electron chi connectivity index (χ3n) is 3.59. The Labute approximate surface area is 123 Å². The second-order valence-electron chi connectivity index (χ2n) is 5.14. The summed E-state index contributed by atoms with van der Waals surface area (Å²) in [4.78, 5) is 0. The lowest BCUT2D eigenvalue weighted by molar-refractivity contribution is -0.677. The van der Waals surface area contributed by atoms with Crippen molar-refractivity contribution in [1.29, 1.82) is 0 Å². The smallest absolute Gasteiger partial charge is 0.158 e. The van der Waals surface area contributed by atoms with Crippen LogP contribution in [0.25, 0.3) is 11.3 Å². The van der Waals surface area contributed by atoms with E-state index in [1.54, 1.807) is 0 Å². The van der Waals surface area contributed by atoms with Crippen molar-refractivity contribution in [2.75, 3.05) is 13.2 Å². The van der Waals surface area contributed by atoms with Gasteiger partial charge in [-0.25, -0.2) is 0 Å². The van der Waals surface area contributed by atoms with Crippen molar-refractivity contribution < 1.29 is 14.5 Å². The summed E-state index contributed by atoms with van der Waals surface area (Å²) in [6.07, 6.45) is 2.80. The van der Waals surface area contributed by atoms with Crippen LogP contribution in [0.1, 0.15) is 18.6 Å². The standard InChI is InChI=1S/C16H18ClNO2/c17-13-5-3-12(4-6-13)16-8-7-15(20-16)11-18-10-14-2-1-9-19-14/h3-8,14,18H,1-2,9-11H2/p+1/t14-/m0/s1. The lowest BCUT2D eigenvalue weighted by Crippen LogP contribution is -2.84. The number of nitrogens with two attached hydrogens (primary N) is 1. The van der Waals surface area contributed by atoms with E-state index in [2.05, 4.69) is 5.32 Å². The van der Waals surface area contributed by atoms with Gasteiger partial charge in [0.05, 0.1) is 0 Å². The first-order valence-corrected chi connectivity index (χ1v) is 7.47. The number of quaternary nitrogens is 1. The molecule has 1 aliphatic heterocycles. The molecular formula is C16H19ClNO2+. The predicted molar refractivity (Wildman–Crippen MR) is 78.6 cm³/mol. The molecule has 0 bridgehead atoms. The van der Waals surface area contributed by atoms with Gasteiger partial charge in [0.25, 0.3) is 0 Å². The molecule has 0 amide bonds. The van der Waals surface area contributed by atoms with E-state index < -0.39 is 0 Å². The van der Waals surface area contributed by atoms with Crippen molar-refractivity contribution in [3.8, 4) is 11.3 Å². The maximum atomic E-state index is 5.89. The molecule has 0 spiro atoms. The summed E-state index contributed by atoms with van der Waals surface area (Å²) in [6.45, 7) is 2.78. The van der Waals surface area contributed by atoms with Crippen molar-refractivity contribution in [3.05, 3.63) is 47.2 Å². The summed E-state index contributed by atoms with van der Waals surface area (Å²) in [5.41, 5.74) is 1.06. The second kappa shape index (κ2) is 6.44. The van der Waals surface area contributed by atoms with Crippen LogP contribution in [0.2, 0.25) is 5.02 Å². The van der Waals surface area contributed by atoms with Gasteiger partial charge in [-0.15, -0.1) is 0 Å². The van der Waals surface area contributed by atoms with Crippen LogP contribution in [0.15, 0.2) is 40.8 Å². The Morgan fingerprint density at radius 2 is 2.00 bits per heavy atom. The average molecular weight is 293 g/mol. The molecule has 2 heterocycles. The topological polar surface area (TPSA) is 39.0 Å². The fourth-order valence-electron chi connectivity index (χ4n) is 2.50. The Balaban J connectivity index is 1.55. The number of ether oxygens (including phenoxy) is 1. The molecule has 3 rings (SSSR count). The molecule has 0 unspecified atom stereocenters. The first-order valence-electron chi connectivity index (χ1n) is 7.09. The summed E-state index contributed by atoms with van der Waals surface area (Å²) >= 11 is 5.89. The second-order valence-corrected chi connectivity index (χ2v) is 5.57. The summed E-state index contributed by atoms with van der Waals surface area (Å²) in [5, 5.41) is 2.99. The van der Waals surface area contributed by atoms with Crippen LogP contribution in [0.5, 0.6) is 0 Å². The monoisotopic (exact) mass is 292 g/mol. The van der Waals surface area contributed by atoms with Gasteiger partial charge in [0.1, 0.15) is 25.0 Å². The molecule has 1 saturated heterocycles. The lowest BCUT2D eigenvalue weighted by Gasteiger charge is -2.06. The third-order valence-corrected chi connectivity index (χ3v) is 3.84. The van der Waals surface area contributed by atoms with Gasteiger partial charge in [-0.3, -0.25) is 0 Å². The van der Waals surface area contributed by atoms with Crippen molar-refractivity contribution in [3.63, 3.8) is 0 Å². The highest BCUT2D eigenvalue weighted by molar-refractivity contribution is 6.30. The number of rotatable bonds is 5. The van der Waals surface area contributed by atoms with Gasteiger partial charge in [-0.05, 0) is 49.2 Å². The van der Waals surface area contributed by atoms with E-state index in [-0.39, 0.29) is 0 Å². The molecule has 106 valence electrons. The molecule has 1 aromatic heterocycles. The minimum Gasteiger partial charge on any atom is -0.455 e. The van der Waals surface area contributed by atoms with Gasteiger partial charge < -0.3 is 14.5 Å². The first kappa shape index (κ1) is 13.7. The molecule has 20 heavy (non-hydrogen) atoms. The van der Waals surface area contributed by atoms with Crippen LogP contribution < -0.4 is 5.32 Å². The Morgan fingerprint density at radius 3 is 2.75 bits per heavy atom. The van der Waals surface area contributed by atoms with E-state index in [4.69, 9.17) is 20.8 Å². The van der Waals surface area contributed by atoms with Crippen LogP contribution in [0.3, 0.4) is 0 Å². The van der Waals surface area contributed by atoms with Crippen LogP contribution >= 0.6 is 11.6 Å². The molecule has 0 radical (unpaired) electrons. The number of hydrogen-bond donors (Lipinski definition) is 1. The largest absolute Gasteiger partial charge is 0.455 e. The molecule has 0 aliphatic carbocycles. The molecule has 2 N–H and O–H groups in total. The Hall–Kier alpha value is -1.29. The summed E-state index contributed by atoms with van der Waals surface area (Å²) in [6, 6.07) is 11.8. The van der Waals surface area contributed by atoms with E-state index in [9.17, 15) is 0 Å².